The van der Waals surface area contributed by atoms with Crippen LogP contribution in [0, 0.1) is 5.82 Å². The van der Waals surface area contributed by atoms with Gasteiger partial charge >= 0.3 is 5.97 Å². The van der Waals surface area contributed by atoms with Gasteiger partial charge in [-0.3, -0.25) is 14.5 Å². The minimum Gasteiger partial charge on any atom is -0.466 e. The number of carbonyl (C=O) groups is 3. The smallest absolute Gasteiger partial charge is 0.335 e. The number of hydrogen-bond acceptors (Lipinski definition) is 4. The lowest BCUT2D eigenvalue weighted by molar-refractivity contribution is -0.136. The number of amides is 1. The molecule has 5 nitrogen and oxygen atoms in total. The van der Waals surface area contributed by atoms with Gasteiger partial charge in [0.2, 0.25) is 0 Å². The Morgan fingerprint density at radius 2 is 1.76 bits per heavy atom. The van der Waals surface area contributed by atoms with Crippen LogP contribution in [0.25, 0.3) is 0 Å². The third-order valence-electron chi connectivity index (χ3n) is 4.06. The van der Waals surface area contributed by atoms with Crippen LogP contribution in [-0.4, -0.2) is 24.8 Å². The van der Waals surface area contributed by atoms with Crippen molar-refractivity contribution in [3.8, 4) is 0 Å². The summed E-state index contributed by atoms with van der Waals surface area (Å²) < 4.78 is 19.1. The van der Waals surface area contributed by atoms with E-state index >= 15 is 0 Å². The molecule has 6 heteroatoms. The highest BCUT2D eigenvalue weighted by molar-refractivity contribution is 6.52. The third kappa shape index (κ3) is 2.61. The van der Waals surface area contributed by atoms with Crippen LogP contribution in [-0.2, 0) is 14.3 Å². The van der Waals surface area contributed by atoms with Crippen molar-refractivity contribution >= 4 is 23.3 Å². The van der Waals surface area contributed by atoms with Crippen molar-refractivity contribution < 1.29 is 23.5 Å². The summed E-state index contributed by atoms with van der Waals surface area (Å²) in [6, 6.07) is 10.9. The Bertz CT molecular complexity index is 906. The van der Waals surface area contributed by atoms with Crippen molar-refractivity contribution in [3.63, 3.8) is 0 Å². The minimum atomic E-state index is -1.19. The molecule has 0 saturated carbocycles. The molecule has 0 fully saturated rings. The molecule has 2 aromatic carbocycles. The van der Waals surface area contributed by atoms with E-state index in [-0.39, 0.29) is 16.7 Å². The largest absolute Gasteiger partial charge is 0.466 e. The second-order valence-electron chi connectivity index (χ2n) is 5.46. The summed E-state index contributed by atoms with van der Waals surface area (Å²) in [5.41, 5.74) is 0.406. The van der Waals surface area contributed by atoms with Gasteiger partial charge in [-0.25, -0.2) is 9.18 Å². The number of anilines is 1. The van der Waals surface area contributed by atoms with Crippen molar-refractivity contribution in [2.24, 2.45) is 0 Å². The van der Waals surface area contributed by atoms with E-state index in [0.717, 1.165) is 12.0 Å². The van der Waals surface area contributed by atoms with E-state index < -0.39 is 29.5 Å². The summed E-state index contributed by atoms with van der Waals surface area (Å²) in [7, 11) is 1.16. The van der Waals surface area contributed by atoms with Gasteiger partial charge in [0.15, 0.2) is 0 Å². The highest BCUT2D eigenvalue weighted by atomic mass is 19.1. The summed E-state index contributed by atoms with van der Waals surface area (Å²) in [6.45, 7) is 3.67. The molecular formula is C19H14FNO4. The van der Waals surface area contributed by atoms with Crippen molar-refractivity contribution in [1.82, 2.24) is 0 Å². The fourth-order valence-corrected chi connectivity index (χ4v) is 2.89. The van der Waals surface area contributed by atoms with E-state index in [4.69, 9.17) is 0 Å². The van der Waals surface area contributed by atoms with Crippen molar-refractivity contribution in [2.45, 2.75) is 6.04 Å². The SMILES string of the molecule is C=C(C(=O)OC)[C@H](c1ccccc1F)N1C(=O)C(=O)c2ccccc21. The monoisotopic (exact) mass is 339 g/mol. The van der Waals surface area contributed by atoms with Gasteiger partial charge in [0.05, 0.1) is 30.0 Å². The van der Waals surface area contributed by atoms with Crippen LogP contribution < -0.4 is 4.90 Å². The van der Waals surface area contributed by atoms with Crippen LogP contribution in [0.3, 0.4) is 0 Å². The molecule has 0 spiro atoms. The van der Waals surface area contributed by atoms with E-state index in [2.05, 4.69) is 11.3 Å². The van der Waals surface area contributed by atoms with E-state index in [0.29, 0.717) is 5.69 Å². The lowest BCUT2D eigenvalue weighted by Crippen LogP contribution is -2.37. The number of carbonyl (C=O) groups excluding carboxylic acids is 3. The summed E-state index contributed by atoms with van der Waals surface area (Å²) in [6.07, 6.45) is 0. The molecule has 2 aromatic rings. The molecule has 0 saturated heterocycles. The zero-order chi connectivity index (χ0) is 18.1. The van der Waals surface area contributed by atoms with Crippen LogP contribution >= 0.6 is 0 Å². The lowest BCUT2D eigenvalue weighted by atomic mass is 9.97. The summed E-state index contributed by atoms with van der Waals surface area (Å²) in [5.74, 6) is -2.98. The predicted octanol–water partition coefficient (Wildman–Crippen LogP) is 2.83. The minimum absolute atomic E-state index is 0.0516. The Hall–Kier alpha value is -3.28. The first-order chi connectivity index (χ1) is 12.0. The zero-order valence-corrected chi connectivity index (χ0v) is 13.4. The molecular weight excluding hydrogens is 325 g/mol. The summed E-state index contributed by atoms with van der Waals surface area (Å²) in [4.78, 5) is 37.9. The van der Waals surface area contributed by atoms with Crippen LogP contribution in [0.1, 0.15) is 22.0 Å². The maximum Gasteiger partial charge on any atom is 0.335 e. The Kier molecular flexibility index (Phi) is 4.19. The average molecular weight is 339 g/mol. The molecule has 0 unspecified atom stereocenters. The van der Waals surface area contributed by atoms with Gasteiger partial charge in [0, 0.05) is 5.56 Å². The number of fused-ring (bicyclic) bond motifs is 1. The Labute approximate surface area is 143 Å². The molecule has 0 radical (unpaired) electrons. The Balaban J connectivity index is 2.21. The number of rotatable bonds is 4. The average Bonchev–Trinajstić information content (AvgIpc) is 2.88. The zero-order valence-electron chi connectivity index (χ0n) is 13.4. The van der Waals surface area contributed by atoms with Gasteiger partial charge in [-0.05, 0) is 18.2 Å². The van der Waals surface area contributed by atoms with Gasteiger partial charge in [-0.1, -0.05) is 36.9 Å². The second-order valence-corrected chi connectivity index (χ2v) is 5.46. The summed E-state index contributed by atoms with van der Waals surface area (Å²) in [5, 5.41) is 0. The van der Waals surface area contributed by atoms with Gasteiger partial charge < -0.3 is 4.74 Å². The Morgan fingerprint density at radius 3 is 2.44 bits per heavy atom. The van der Waals surface area contributed by atoms with Gasteiger partial charge in [-0.2, -0.15) is 0 Å². The number of esters is 1. The van der Waals surface area contributed by atoms with Crippen LogP contribution in [0.15, 0.2) is 60.7 Å². The molecule has 1 heterocycles. The van der Waals surface area contributed by atoms with Crippen molar-refractivity contribution in [3.05, 3.63) is 77.6 Å². The van der Waals surface area contributed by atoms with Crippen LogP contribution in [0.5, 0.6) is 0 Å². The van der Waals surface area contributed by atoms with Gasteiger partial charge in [0.25, 0.3) is 11.7 Å². The number of nitrogens with zero attached hydrogens (tertiary/aromatic N) is 1. The number of para-hydroxylation sites is 1. The second kappa shape index (κ2) is 6.32. The molecule has 1 atom stereocenters. The highest BCUT2D eigenvalue weighted by Crippen LogP contribution is 2.39. The van der Waals surface area contributed by atoms with Crippen LogP contribution in [0.4, 0.5) is 10.1 Å². The molecule has 1 aliphatic rings. The quantitative estimate of drug-likeness (QED) is 0.488. The van der Waals surface area contributed by atoms with Gasteiger partial charge in [-0.15, -0.1) is 0 Å². The molecule has 0 aromatic heterocycles. The highest BCUT2D eigenvalue weighted by Gasteiger charge is 2.43. The van der Waals surface area contributed by atoms with Crippen LogP contribution in [0.2, 0.25) is 0 Å². The number of Topliss-reactive ketones (excluding diaryl/α,β-unsaturated/α-hetero) is 1. The van der Waals surface area contributed by atoms with E-state index in [1.54, 1.807) is 24.3 Å². The first-order valence-corrected chi connectivity index (χ1v) is 7.45. The fourth-order valence-electron chi connectivity index (χ4n) is 2.89. The number of ketones is 1. The molecule has 1 amide bonds. The number of hydrogen-bond donors (Lipinski definition) is 0. The lowest BCUT2D eigenvalue weighted by Gasteiger charge is -2.29. The molecule has 3 rings (SSSR count). The first-order valence-electron chi connectivity index (χ1n) is 7.45. The topological polar surface area (TPSA) is 63.7 Å². The van der Waals surface area contributed by atoms with E-state index in [1.807, 2.05) is 0 Å². The molecule has 1 aliphatic heterocycles. The fraction of sp³-hybridized carbons (Fsp3) is 0.105. The number of benzene rings is 2. The predicted molar refractivity (Wildman–Crippen MR) is 88.6 cm³/mol. The Morgan fingerprint density at radius 1 is 1.12 bits per heavy atom. The van der Waals surface area contributed by atoms with Crippen molar-refractivity contribution in [1.29, 1.82) is 0 Å². The van der Waals surface area contributed by atoms with E-state index in [9.17, 15) is 18.8 Å². The standard InChI is InChI=1S/C19H14FNO4/c1-11(19(24)25-2)16(12-7-3-5-9-14(12)20)21-15-10-6-4-8-13(15)17(22)18(21)23/h3-10,16H,1H2,2H3/t16-/m1/s1. The van der Waals surface area contributed by atoms with E-state index in [1.165, 1.54) is 24.3 Å². The molecule has 25 heavy (non-hydrogen) atoms. The summed E-state index contributed by atoms with van der Waals surface area (Å²) >= 11 is 0. The molecule has 0 bridgehead atoms. The number of ether oxygens (including phenoxy) is 1. The maximum absolute atomic E-state index is 14.4. The number of halogens is 1. The van der Waals surface area contributed by atoms with Crippen molar-refractivity contribution in [2.75, 3.05) is 12.0 Å². The molecule has 0 N–H and O–H groups in total. The molecule has 0 aliphatic carbocycles. The first kappa shape index (κ1) is 16.6. The molecule has 126 valence electrons. The number of methoxy groups -OCH3 is 1. The third-order valence-corrected chi connectivity index (χ3v) is 4.06. The maximum atomic E-state index is 14.4. The normalized spacial score (nSPS) is 14.2. The van der Waals surface area contributed by atoms with Gasteiger partial charge in [0.1, 0.15) is 5.82 Å².